The van der Waals surface area contributed by atoms with Crippen LogP contribution in [-0.2, 0) is 11.3 Å². The number of benzene rings is 1. The van der Waals surface area contributed by atoms with Crippen molar-refractivity contribution in [3.05, 3.63) is 76.5 Å². The highest BCUT2D eigenvalue weighted by atomic mass is 32.1. The number of carbonyl (C=O) groups is 1. The van der Waals surface area contributed by atoms with Gasteiger partial charge in [-0.1, -0.05) is 18.2 Å². The van der Waals surface area contributed by atoms with Crippen LogP contribution in [0.2, 0.25) is 0 Å². The number of thiazole rings is 1. The fourth-order valence-corrected chi connectivity index (χ4v) is 4.11. The second kappa shape index (κ2) is 7.13. The van der Waals surface area contributed by atoms with E-state index >= 15 is 0 Å². The Morgan fingerprint density at radius 3 is 2.75 bits per heavy atom. The number of esters is 1. The van der Waals surface area contributed by atoms with Crippen molar-refractivity contribution in [3.8, 4) is 11.3 Å². The third kappa shape index (κ3) is 3.39. The maximum Gasteiger partial charge on any atom is 0.339 e. The van der Waals surface area contributed by atoms with Crippen LogP contribution in [0.15, 0.2) is 60.2 Å². The molecule has 5 rings (SSSR count). The maximum absolute atomic E-state index is 12.9. The van der Waals surface area contributed by atoms with Crippen molar-refractivity contribution in [2.75, 3.05) is 0 Å². The van der Waals surface area contributed by atoms with Gasteiger partial charge in [-0.3, -0.25) is 4.98 Å². The molecule has 28 heavy (non-hydrogen) atoms. The molecule has 0 saturated heterocycles. The molecular weight excluding hydrogens is 370 g/mol. The first-order chi connectivity index (χ1) is 13.8. The number of ether oxygens (including phenoxy) is 1. The van der Waals surface area contributed by atoms with E-state index in [9.17, 15) is 4.79 Å². The summed E-state index contributed by atoms with van der Waals surface area (Å²) in [5.41, 5.74) is 3.71. The van der Waals surface area contributed by atoms with E-state index in [1.54, 1.807) is 29.8 Å². The average molecular weight is 387 g/mol. The van der Waals surface area contributed by atoms with Gasteiger partial charge in [0.1, 0.15) is 6.61 Å². The number of nitrogens with zero attached hydrogens (tertiary/aromatic N) is 3. The molecule has 0 spiro atoms. The van der Waals surface area contributed by atoms with E-state index in [0.717, 1.165) is 32.9 Å². The van der Waals surface area contributed by atoms with Gasteiger partial charge in [0.25, 0.3) is 0 Å². The maximum atomic E-state index is 12.9. The van der Waals surface area contributed by atoms with Gasteiger partial charge in [0.05, 0.1) is 27.5 Å². The summed E-state index contributed by atoms with van der Waals surface area (Å²) in [6.07, 6.45) is 5.86. The summed E-state index contributed by atoms with van der Waals surface area (Å²) in [5, 5.41) is 3.91. The van der Waals surface area contributed by atoms with E-state index in [1.165, 1.54) is 12.8 Å². The minimum Gasteiger partial charge on any atom is -0.456 e. The Hall–Kier alpha value is -3.12. The SMILES string of the molecule is O=C(OCc1csc(C2CC2)n1)c1cc(-c2ccncc2)nc2ccccc12. The van der Waals surface area contributed by atoms with Crippen LogP contribution in [0.5, 0.6) is 0 Å². The van der Waals surface area contributed by atoms with Crippen LogP contribution in [0.4, 0.5) is 0 Å². The van der Waals surface area contributed by atoms with Crippen LogP contribution >= 0.6 is 11.3 Å². The highest BCUT2D eigenvalue weighted by molar-refractivity contribution is 7.09. The van der Waals surface area contributed by atoms with Gasteiger partial charge in [-0.2, -0.15) is 0 Å². The number of aromatic nitrogens is 3. The number of rotatable bonds is 5. The second-order valence-electron chi connectivity index (χ2n) is 6.84. The molecule has 6 heteroatoms. The molecule has 4 aromatic rings. The molecule has 1 saturated carbocycles. The number of carbonyl (C=O) groups excluding carboxylic acids is 1. The van der Waals surface area contributed by atoms with Gasteiger partial charge in [0, 0.05) is 34.6 Å². The van der Waals surface area contributed by atoms with E-state index in [4.69, 9.17) is 9.72 Å². The molecule has 0 bridgehead atoms. The normalized spacial score (nSPS) is 13.6. The zero-order valence-corrected chi connectivity index (χ0v) is 15.9. The van der Waals surface area contributed by atoms with Crippen LogP contribution in [0.25, 0.3) is 22.2 Å². The third-order valence-electron chi connectivity index (χ3n) is 4.76. The molecule has 3 heterocycles. The Balaban J connectivity index is 1.45. The summed E-state index contributed by atoms with van der Waals surface area (Å²) in [7, 11) is 0. The van der Waals surface area contributed by atoms with Gasteiger partial charge >= 0.3 is 5.97 Å². The minimum absolute atomic E-state index is 0.184. The largest absolute Gasteiger partial charge is 0.456 e. The van der Waals surface area contributed by atoms with E-state index in [2.05, 4.69) is 9.97 Å². The molecule has 138 valence electrons. The zero-order valence-electron chi connectivity index (χ0n) is 15.0. The van der Waals surface area contributed by atoms with E-state index in [1.807, 2.05) is 41.8 Å². The first-order valence-corrected chi connectivity index (χ1v) is 10.1. The Labute approximate surface area is 166 Å². The molecular formula is C22H17N3O2S. The predicted molar refractivity (Wildman–Crippen MR) is 108 cm³/mol. The van der Waals surface area contributed by atoms with Gasteiger partial charge < -0.3 is 4.74 Å². The van der Waals surface area contributed by atoms with E-state index < -0.39 is 0 Å². The first kappa shape index (κ1) is 17.0. The summed E-state index contributed by atoms with van der Waals surface area (Å²) in [5.74, 6) is 0.247. The molecule has 0 amide bonds. The third-order valence-corrected chi connectivity index (χ3v) is 5.82. The average Bonchev–Trinajstić information content (AvgIpc) is 3.50. The van der Waals surface area contributed by atoms with Crippen molar-refractivity contribution in [3.63, 3.8) is 0 Å². The molecule has 0 unspecified atom stereocenters. The smallest absolute Gasteiger partial charge is 0.339 e. The number of para-hydroxylation sites is 1. The van der Waals surface area contributed by atoms with Crippen molar-refractivity contribution in [2.24, 2.45) is 0 Å². The molecule has 1 fully saturated rings. The lowest BCUT2D eigenvalue weighted by Crippen LogP contribution is -2.07. The highest BCUT2D eigenvalue weighted by Gasteiger charge is 2.26. The molecule has 1 aliphatic carbocycles. The summed E-state index contributed by atoms with van der Waals surface area (Å²) in [4.78, 5) is 26.2. The molecule has 0 N–H and O–H groups in total. The van der Waals surface area contributed by atoms with Crippen LogP contribution in [-0.4, -0.2) is 20.9 Å². The van der Waals surface area contributed by atoms with E-state index in [-0.39, 0.29) is 12.6 Å². The number of hydrogen-bond donors (Lipinski definition) is 0. The molecule has 1 aliphatic rings. The van der Waals surface area contributed by atoms with Gasteiger partial charge in [-0.05, 0) is 37.1 Å². The van der Waals surface area contributed by atoms with Crippen molar-refractivity contribution >= 4 is 28.2 Å². The summed E-state index contributed by atoms with van der Waals surface area (Å²) >= 11 is 1.65. The van der Waals surface area contributed by atoms with Gasteiger partial charge in [-0.25, -0.2) is 14.8 Å². The number of hydrogen-bond acceptors (Lipinski definition) is 6. The summed E-state index contributed by atoms with van der Waals surface area (Å²) < 4.78 is 5.59. The van der Waals surface area contributed by atoms with Crippen LogP contribution in [0.1, 0.15) is 39.8 Å². The topological polar surface area (TPSA) is 65.0 Å². The molecule has 0 radical (unpaired) electrons. The molecule has 5 nitrogen and oxygen atoms in total. The van der Waals surface area contributed by atoms with Crippen LogP contribution in [0.3, 0.4) is 0 Å². The lowest BCUT2D eigenvalue weighted by molar-refractivity contribution is 0.0470. The zero-order chi connectivity index (χ0) is 18.9. The van der Waals surface area contributed by atoms with Gasteiger partial charge in [0.2, 0.25) is 0 Å². The Morgan fingerprint density at radius 2 is 1.93 bits per heavy atom. The Bertz CT molecular complexity index is 1150. The summed E-state index contributed by atoms with van der Waals surface area (Å²) in [6, 6.07) is 13.1. The standard InChI is InChI=1S/C22H17N3O2S/c26-22(27-12-16-13-28-21(24-16)15-5-6-15)18-11-20(14-7-9-23-10-8-14)25-19-4-2-1-3-17(18)19/h1-4,7-11,13,15H,5-6,12H2. The fourth-order valence-electron chi connectivity index (χ4n) is 3.14. The molecule has 1 aromatic carbocycles. The number of fused-ring (bicyclic) bond motifs is 1. The lowest BCUT2D eigenvalue weighted by Gasteiger charge is -2.09. The van der Waals surface area contributed by atoms with Crippen molar-refractivity contribution in [2.45, 2.75) is 25.4 Å². The Morgan fingerprint density at radius 1 is 1.11 bits per heavy atom. The van der Waals surface area contributed by atoms with Crippen molar-refractivity contribution in [1.82, 2.24) is 15.0 Å². The second-order valence-corrected chi connectivity index (χ2v) is 7.73. The van der Waals surface area contributed by atoms with E-state index in [0.29, 0.717) is 11.5 Å². The monoisotopic (exact) mass is 387 g/mol. The van der Waals surface area contributed by atoms with Gasteiger partial charge in [-0.15, -0.1) is 11.3 Å². The van der Waals surface area contributed by atoms with Crippen LogP contribution < -0.4 is 0 Å². The molecule has 0 aliphatic heterocycles. The lowest BCUT2D eigenvalue weighted by atomic mass is 10.0. The molecule has 0 atom stereocenters. The number of pyridine rings is 2. The quantitative estimate of drug-likeness (QED) is 0.452. The summed E-state index contributed by atoms with van der Waals surface area (Å²) in [6.45, 7) is 0.184. The Kier molecular flexibility index (Phi) is 4.33. The first-order valence-electron chi connectivity index (χ1n) is 9.19. The van der Waals surface area contributed by atoms with Gasteiger partial charge in [0.15, 0.2) is 0 Å². The molecule has 3 aromatic heterocycles. The van der Waals surface area contributed by atoms with Crippen LogP contribution in [0, 0.1) is 0 Å². The van der Waals surface area contributed by atoms with Crippen molar-refractivity contribution < 1.29 is 9.53 Å². The van der Waals surface area contributed by atoms with Crippen molar-refractivity contribution in [1.29, 1.82) is 0 Å². The highest BCUT2D eigenvalue weighted by Crippen LogP contribution is 2.41. The predicted octanol–water partition coefficient (Wildman–Crippen LogP) is 4.99. The fraction of sp³-hybridized carbons (Fsp3) is 0.182. The minimum atomic E-state index is -0.366.